The molecule has 0 fully saturated rings. The largest absolute Gasteiger partial charge is 0.399 e. The smallest absolute Gasteiger partial charge is 0.109 e. The van der Waals surface area contributed by atoms with E-state index in [-0.39, 0.29) is 0 Å². The third kappa shape index (κ3) is 3.09. The Balaban J connectivity index is 2.13. The summed E-state index contributed by atoms with van der Waals surface area (Å²) in [5.74, 6) is 1.78. The summed E-state index contributed by atoms with van der Waals surface area (Å²) in [6.45, 7) is 5.28. The van der Waals surface area contributed by atoms with Crippen LogP contribution in [0.3, 0.4) is 0 Å². The van der Waals surface area contributed by atoms with Crippen molar-refractivity contribution in [1.29, 1.82) is 0 Å². The second kappa shape index (κ2) is 5.04. The zero-order valence-corrected chi connectivity index (χ0v) is 10.4. The standard InChI is InChI=1S/C14H19N3/c1-11(2)9-14-16-7-8-17(14)10-12-3-5-13(15)6-4-12/h3-8,11H,9-10,15H2,1-2H3. The van der Waals surface area contributed by atoms with E-state index in [0.717, 1.165) is 24.5 Å². The summed E-state index contributed by atoms with van der Waals surface area (Å²) in [5.41, 5.74) is 7.74. The van der Waals surface area contributed by atoms with Gasteiger partial charge in [0.2, 0.25) is 0 Å². The summed E-state index contributed by atoms with van der Waals surface area (Å²) in [5, 5.41) is 0. The molecule has 1 heterocycles. The van der Waals surface area contributed by atoms with Crippen molar-refractivity contribution >= 4 is 5.69 Å². The van der Waals surface area contributed by atoms with E-state index >= 15 is 0 Å². The Morgan fingerprint density at radius 1 is 1.24 bits per heavy atom. The molecule has 90 valence electrons. The first kappa shape index (κ1) is 11.7. The lowest BCUT2D eigenvalue weighted by atomic mass is 10.1. The molecule has 17 heavy (non-hydrogen) atoms. The van der Waals surface area contributed by atoms with Crippen molar-refractivity contribution in [2.75, 3.05) is 5.73 Å². The van der Waals surface area contributed by atoms with Crippen LogP contribution in [0.25, 0.3) is 0 Å². The molecule has 1 aromatic heterocycles. The SMILES string of the molecule is CC(C)Cc1nccn1Cc1ccc(N)cc1. The van der Waals surface area contributed by atoms with Crippen molar-refractivity contribution in [1.82, 2.24) is 9.55 Å². The Hall–Kier alpha value is -1.77. The molecule has 2 aromatic rings. The summed E-state index contributed by atoms with van der Waals surface area (Å²) in [4.78, 5) is 4.41. The van der Waals surface area contributed by atoms with Gasteiger partial charge in [-0.25, -0.2) is 4.98 Å². The molecule has 2 rings (SSSR count). The Morgan fingerprint density at radius 2 is 1.94 bits per heavy atom. The van der Waals surface area contributed by atoms with Crippen LogP contribution >= 0.6 is 0 Å². The van der Waals surface area contributed by atoms with E-state index in [1.807, 2.05) is 24.5 Å². The molecule has 2 N–H and O–H groups in total. The van der Waals surface area contributed by atoms with Crippen molar-refractivity contribution in [2.45, 2.75) is 26.8 Å². The molecule has 3 heteroatoms. The van der Waals surface area contributed by atoms with Crippen LogP contribution in [0.5, 0.6) is 0 Å². The minimum absolute atomic E-state index is 0.627. The fraction of sp³-hybridized carbons (Fsp3) is 0.357. The Bertz CT molecular complexity index is 468. The summed E-state index contributed by atoms with van der Waals surface area (Å²) in [6.07, 6.45) is 4.92. The maximum absolute atomic E-state index is 5.68. The van der Waals surface area contributed by atoms with Gasteiger partial charge in [0.15, 0.2) is 0 Å². The molecule has 0 radical (unpaired) electrons. The molecule has 0 bridgehead atoms. The lowest BCUT2D eigenvalue weighted by Crippen LogP contribution is -2.07. The van der Waals surface area contributed by atoms with Gasteiger partial charge >= 0.3 is 0 Å². The minimum Gasteiger partial charge on any atom is -0.399 e. The highest BCUT2D eigenvalue weighted by Crippen LogP contribution is 2.11. The van der Waals surface area contributed by atoms with E-state index in [1.165, 1.54) is 5.56 Å². The van der Waals surface area contributed by atoms with Crippen LogP contribution in [0.1, 0.15) is 25.2 Å². The van der Waals surface area contributed by atoms with Gasteiger partial charge in [-0.1, -0.05) is 26.0 Å². The second-order valence-electron chi connectivity index (χ2n) is 4.81. The van der Waals surface area contributed by atoms with Gasteiger partial charge in [0.1, 0.15) is 5.82 Å². The highest BCUT2D eigenvalue weighted by Gasteiger charge is 2.05. The van der Waals surface area contributed by atoms with Gasteiger partial charge in [0, 0.05) is 31.0 Å². The third-order valence-electron chi connectivity index (χ3n) is 2.73. The summed E-state index contributed by atoms with van der Waals surface area (Å²) in [7, 11) is 0. The van der Waals surface area contributed by atoms with E-state index in [1.54, 1.807) is 0 Å². The zero-order chi connectivity index (χ0) is 12.3. The molecule has 0 aliphatic carbocycles. The second-order valence-corrected chi connectivity index (χ2v) is 4.81. The highest BCUT2D eigenvalue weighted by atomic mass is 15.1. The van der Waals surface area contributed by atoms with Crippen LogP contribution < -0.4 is 5.73 Å². The first-order valence-corrected chi connectivity index (χ1v) is 5.99. The maximum atomic E-state index is 5.68. The maximum Gasteiger partial charge on any atom is 0.109 e. The average Bonchev–Trinajstić information content (AvgIpc) is 2.68. The van der Waals surface area contributed by atoms with Crippen molar-refractivity contribution in [3.05, 3.63) is 48.0 Å². The molecule has 1 aromatic carbocycles. The van der Waals surface area contributed by atoms with Gasteiger partial charge in [0.25, 0.3) is 0 Å². The Kier molecular flexibility index (Phi) is 3.47. The summed E-state index contributed by atoms with van der Waals surface area (Å²) in [6, 6.07) is 8.01. The van der Waals surface area contributed by atoms with Gasteiger partial charge in [-0.15, -0.1) is 0 Å². The highest BCUT2D eigenvalue weighted by molar-refractivity contribution is 5.39. The normalized spacial score (nSPS) is 11.0. The number of benzene rings is 1. The van der Waals surface area contributed by atoms with Crippen molar-refractivity contribution in [3.8, 4) is 0 Å². The van der Waals surface area contributed by atoms with Crippen molar-refractivity contribution < 1.29 is 0 Å². The van der Waals surface area contributed by atoms with Gasteiger partial charge in [0.05, 0.1) is 0 Å². The summed E-state index contributed by atoms with van der Waals surface area (Å²) >= 11 is 0. The van der Waals surface area contributed by atoms with Crippen LogP contribution in [-0.4, -0.2) is 9.55 Å². The number of hydrogen-bond donors (Lipinski definition) is 1. The molecule has 0 saturated heterocycles. The number of imidazole rings is 1. The van der Waals surface area contributed by atoms with Crippen LogP contribution in [-0.2, 0) is 13.0 Å². The van der Waals surface area contributed by atoms with Gasteiger partial charge in [-0.05, 0) is 23.6 Å². The van der Waals surface area contributed by atoms with Gasteiger partial charge in [-0.3, -0.25) is 0 Å². The fourth-order valence-electron chi connectivity index (χ4n) is 1.86. The first-order valence-electron chi connectivity index (χ1n) is 5.99. The molecular formula is C14H19N3. The van der Waals surface area contributed by atoms with Crippen LogP contribution in [0, 0.1) is 5.92 Å². The first-order chi connectivity index (χ1) is 8.15. The summed E-state index contributed by atoms with van der Waals surface area (Å²) < 4.78 is 2.20. The predicted octanol–water partition coefficient (Wildman–Crippen LogP) is 2.71. The lowest BCUT2D eigenvalue weighted by Gasteiger charge is -2.09. The number of nitrogens with zero attached hydrogens (tertiary/aromatic N) is 2. The molecular weight excluding hydrogens is 210 g/mol. The Morgan fingerprint density at radius 3 is 2.59 bits per heavy atom. The average molecular weight is 229 g/mol. The minimum atomic E-state index is 0.627. The molecule has 0 atom stereocenters. The van der Waals surface area contributed by atoms with Crippen LogP contribution in [0.2, 0.25) is 0 Å². The molecule has 0 amide bonds. The number of nitrogens with two attached hydrogens (primary N) is 1. The van der Waals surface area contributed by atoms with E-state index < -0.39 is 0 Å². The number of hydrogen-bond acceptors (Lipinski definition) is 2. The molecule has 0 aliphatic heterocycles. The van der Waals surface area contributed by atoms with Crippen molar-refractivity contribution in [2.24, 2.45) is 5.92 Å². The Labute approximate surface area is 102 Å². The monoisotopic (exact) mass is 229 g/mol. The zero-order valence-electron chi connectivity index (χ0n) is 10.4. The molecule has 0 unspecified atom stereocenters. The number of anilines is 1. The van der Waals surface area contributed by atoms with E-state index in [2.05, 4.69) is 35.5 Å². The van der Waals surface area contributed by atoms with E-state index in [9.17, 15) is 0 Å². The fourth-order valence-corrected chi connectivity index (χ4v) is 1.86. The van der Waals surface area contributed by atoms with Crippen LogP contribution in [0.15, 0.2) is 36.7 Å². The van der Waals surface area contributed by atoms with Crippen LogP contribution in [0.4, 0.5) is 5.69 Å². The van der Waals surface area contributed by atoms with Crippen molar-refractivity contribution in [3.63, 3.8) is 0 Å². The number of nitrogen functional groups attached to an aromatic ring is 1. The predicted molar refractivity (Wildman–Crippen MR) is 70.7 cm³/mol. The topological polar surface area (TPSA) is 43.8 Å². The van der Waals surface area contributed by atoms with E-state index in [0.29, 0.717) is 5.92 Å². The molecule has 0 spiro atoms. The molecule has 3 nitrogen and oxygen atoms in total. The van der Waals surface area contributed by atoms with E-state index in [4.69, 9.17) is 5.73 Å². The number of rotatable bonds is 4. The lowest BCUT2D eigenvalue weighted by molar-refractivity contribution is 0.590. The number of aromatic nitrogens is 2. The van der Waals surface area contributed by atoms with Gasteiger partial charge in [-0.2, -0.15) is 0 Å². The quantitative estimate of drug-likeness (QED) is 0.819. The third-order valence-corrected chi connectivity index (χ3v) is 2.73. The molecule has 0 aliphatic rings. The van der Waals surface area contributed by atoms with Gasteiger partial charge < -0.3 is 10.3 Å². The molecule has 0 saturated carbocycles.